The summed E-state index contributed by atoms with van der Waals surface area (Å²) in [5.74, 6) is -0.160. The van der Waals surface area contributed by atoms with Crippen LogP contribution < -0.4 is 0 Å². The van der Waals surface area contributed by atoms with Gasteiger partial charge in [-0.2, -0.15) is 13.2 Å². The summed E-state index contributed by atoms with van der Waals surface area (Å²) in [5.41, 5.74) is 1.61. The number of nitrogens with zero attached hydrogens (tertiary/aromatic N) is 1. The van der Waals surface area contributed by atoms with Gasteiger partial charge < -0.3 is 9.88 Å². The molecule has 0 atom stereocenters. The second-order valence-corrected chi connectivity index (χ2v) is 6.62. The first-order valence-electron chi connectivity index (χ1n) is 8.80. The van der Waals surface area contributed by atoms with Crippen molar-refractivity contribution >= 4 is 16.8 Å². The molecule has 0 saturated heterocycles. The highest BCUT2D eigenvalue weighted by Crippen LogP contribution is 2.32. The largest absolute Gasteiger partial charge is 0.416 e. The number of nitrogens with one attached hydrogen (secondary N) is 1. The molecule has 1 heterocycles. The zero-order chi connectivity index (χ0) is 19.4. The SMILES string of the molecule is CN(Cc1ccccc1C(F)(F)F)C(=O)CCCc1c[nH]c2ccccc12. The van der Waals surface area contributed by atoms with Crippen LogP contribution in [0.5, 0.6) is 0 Å². The van der Waals surface area contributed by atoms with Crippen molar-refractivity contribution < 1.29 is 18.0 Å². The molecule has 6 heteroatoms. The van der Waals surface area contributed by atoms with Crippen LogP contribution in [-0.2, 0) is 23.9 Å². The smallest absolute Gasteiger partial charge is 0.361 e. The topological polar surface area (TPSA) is 36.1 Å². The summed E-state index contributed by atoms with van der Waals surface area (Å²) in [6.07, 6.45) is -0.798. The fourth-order valence-electron chi connectivity index (χ4n) is 3.24. The average molecular weight is 374 g/mol. The molecule has 3 aromatic rings. The molecule has 0 bridgehead atoms. The first-order valence-corrected chi connectivity index (χ1v) is 8.80. The highest BCUT2D eigenvalue weighted by Gasteiger charge is 2.33. The molecule has 0 aliphatic rings. The Balaban J connectivity index is 1.57. The molecule has 3 rings (SSSR count). The maximum Gasteiger partial charge on any atom is 0.416 e. The molecule has 0 saturated carbocycles. The summed E-state index contributed by atoms with van der Waals surface area (Å²) in [6, 6.07) is 13.3. The lowest BCUT2D eigenvalue weighted by Gasteiger charge is -2.20. The maximum atomic E-state index is 13.1. The van der Waals surface area contributed by atoms with E-state index in [1.54, 1.807) is 13.1 Å². The van der Waals surface area contributed by atoms with Crippen LogP contribution in [0.15, 0.2) is 54.7 Å². The van der Waals surface area contributed by atoms with E-state index >= 15 is 0 Å². The molecular weight excluding hydrogens is 353 g/mol. The van der Waals surface area contributed by atoms with Gasteiger partial charge in [-0.05, 0) is 36.1 Å². The second-order valence-electron chi connectivity index (χ2n) is 6.62. The molecular formula is C21H21F3N2O. The lowest BCUT2D eigenvalue weighted by atomic mass is 10.1. The number of carbonyl (C=O) groups excluding carboxylic acids is 1. The van der Waals surface area contributed by atoms with E-state index in [4.69, 9.17) is 0 Å². The molecule has 0 fully saturated rings. The third-order valence-electron chi connectivity index (χ3n) is 4.67. The number of fused-ring (bicyclic) bond motifs is 1. The van der Waals surface area contributed by atoms with Crippen molar-refractivity contribution in [3.05, 3.63) is 71.4 Å². The van der Waals surface area contributed by atoms with E-state index in [2.05, 4.69) is 4.98 Å². The van der Waals surface area contributed by atoms with Gasteiger partial charge in [-0.25, -0.2) is 0 Å². The molecule has 3 nitrogen and oxygen atoms in total. The molecule has 0 spiro atoms. The Kier molecular flexibility index (Phi) is 5.54. The van der Waals surface area contributed by atoms with E-state index < -0.39 is 11.7 Å². The molecule has 0 aliphatic heterocycles. The van der Waals surface area contributed by atoms with E-state index in [1.807, 2.05) is 30.5 Å². The van der Waals surface area contributed by atoms with Gasteiger partial charge in [0.1, 0.15) is 0 Å². The second kappa shape index (κ2) is 7.86. The highest BCUT2D eigenvalue weighted by molar-refractivity contribution is 5.83. The van der Waals surface area contributed by atoms with E-state index in [0.29, 0.717) is 12.8 Å². The molecule has 1 N–H and O–H groups in total. The molecule has 2 aromatic carbocycles. The summed E-state index contributed by atoms with van der Waals surface area (Å²) in [7, 11) is 1.54. The molecule has 1 aromatic heterocycles. The number of aromatic nitrogens is 1. The van der Waals surface area contributed by atoms with Gasteiger partial charge in [0.15, 0.2) is 0 Å². The normalized spacial score (nSPS) is 11.7. The predicted octanol–water partition coefficient (Wildman–Crippen LogP) is 5.17. The van der Waals surface area contributed by atoms with Crippen LogP contribution in [0.25, 0.3) is 10.9 Å². The minimum Gasteiger partial charge on any atom is -0.361 e. The third-order valence-corrected chi connectivity index (χ3v) is 4.67. The Morgan fingerprint density at radius 2 is 1.74 bits per heavy atom. The van der Waals surface area contributed by atoms with Gasteiger partial charge in [0.25, 0.3) is 0 Å². The summed E-state index contributed by atoms with van der Waals surface area (Å²) < 4.78 is 39.2. The molecule has 27 heavy (non-hydrogen) atoms. The number of aryl methyl sites for hydroxylation is 1. The Morgan fingerprint density at radius 3 is 2.52 bits per heavy atom. The van der Waals surface area contributed by atoms with E-state index in [9.17, 15) is 18.0 Å². The van der Waals surface area contributed by atoms with Crippen molar-refractivity contribution in [2.75, 3.05) is 7.05 Å². The summed E-state index contributed by atoms with van der Waals surface area (Å²) >= 11 is 0. The van der Waals surface area contributed by atoms with Gasteiger partial charge >= 0.3 is 6.18 Å². The zero-order valence-corrected chi connectivity index (χ0v) is 15.0. The summed E-state index contributed by atoms with van der Waals surface area (Å²) in [4.78, 5) is 16.9. The number of H-pyrrole nitrogens is 1. The van der Waals surface area contributed by atoms with Crippen LogP contribution in [0.2, 0.25) is 0 Å². The van der Waals surface area contributed by atoms with E-state index in [1.165, 1.54) is 17.0 Å². The van der Waals surface area contributed by atoms with Crippen LogP contribution in [0.3, 0.4) is 0 Å². The number of para-hydroxylation sites is 1. The number of benzene rings is 2. The predicted molar refractivity (Wildman–Crippen MR) is 99.2 cm³/mol. The number of hydrogen-bond acceptors (Lipinski definition) is 1. The Hall–Kier alpha value is -2.76. The van der Waals surface area contributed by atoms with Crippen LogP contribution in [0, 0.1) is 0 Å². The maximum absolute atomic E-state index is 13.1. The van der Waals surface area contributed by atoms with Gasteiger partial charge in [-0.1, -0.05) is 36.4 Å². The lowest BCUT2D eigenvalue weighted by Crippen LogP contribution is -2.27. The van der Waals surface area contributed by atoms with Gasteiger partial charge in [0, 0.05) is 37.1 Å². The minimum atomic E-state index is -4.42. The minimum absolute atomic E-state index is 0.0540. The number of carbonyl (C=O) groups is 1. The van der Waals surface area contributed by atoms with Gasteiger partial charge in [-0.3, -0.25) is 4.79 Å². The van der Waals surface area contributed by atoms with Crippen LogP contribution >= 0.6 is 0 Å². The highest BCUT2D eigenvalue weighted by atomic mass is 19.4. The van der Waals surface area contributed by atoms with Crippen LogP contribution in [0.4, 0.5) is 13.2 Å². The Labute approximate surface area is 155 Å². The lowest BCUT2D eigenvalue weighted by molar-refractivity contribution is -0.139. The summed E-state index contributed by atoms with van der Waals surface area (Å²) in [6.45, 7) is -0.0540. The van der Waals surface area contributed by atoms with Crippen molar-refractivity contribution in [2.45, 2.75) is 32.0 Å². The molecule has 1 amide bonds. The third kappa shape index (κ3) is 4.51. The number of rotatable bonds is 6. The van der Waals surface area contributed by atoms with Crippen LogP contribution in [0.1, 0.15) is 29.5 Å². The standard InChI is InChI=1S/C21H21F3N2O/c1-26(14-16-7-2-4-10-18(16)21(22,23)24)20(27)12-6-8-15-13-25-19-11-5-3-9-17(15)19/h2-5,7,9-11,13,25H,6,8,12,14H2,1H3. The number of hydrogen-bond donors (Lipinski definition) is 1. The first kappa shape index (κ1) is 19.0. The van der Waals surface area contributed by atoms with Crippen molar-refractivity contribution in [3.63, 3.8) is 0 Å². The zero-order valence-electron chi connectivity index (χ0n) is 15.0. The monoisotopic (exact) mass is 374 g/mol. The van der Waals surface area contributed by atoms with Crippen LogP contribution in [-0.4, -0.2) is 22.8 Å². The number of halogens is 3. The fourth-order valence-corrected chi connectivity index (χ4v) is 3.24. The Bertz CT molecular complexity index is 930. The Morgan fingerprint density at radius 1 is 1.04 bits per heavy atom. The van der Waals surface area contributed by atoms with Crippen molar-refractivity contribution in [1.29, 1.82) is 0 Å². The number of alkyl halides is 3. The summed E-state index contributed by atoms with van der Waals surface area (Å²) in [5, 5.41) is 1.14. The molecule has 0 aliphatic carbocycles. The van der Waals surface area contributed by atoms with E-state index in [-0.39, 0.29) is 18.0 Å². The average Bonchev–Trinajstić information content (AvgIpc) is 3.04. The van der Waals surface area contributed by atoms with Crippen molar-refractivity contribution in [2.24, 2.45) is 0 Å². The first-order chi connectivity index (χ1) is 12.9. The molecule has 0 unspecified atom stereocenters. The molecule has 0 radical (unpaired) electrons. The molecule has 142 valence electrons. The van der Waals surface area contributed by atoms with Crippen molar-refractivity contribution in [3.8, 4) is 0 Å². The van der Waals surface area contributed by atoms with Crippen molar-refractivity contribution in [1.82, 2.24) is 9.88 Å². The number of amides is 1. The fraction of sp³-hybridized carbons (Fsp3) is 0.286. The van der Waals surface area contributed by atoms with E-state index in [0.717, 1.165) is 29.0 Å². The van der Waals surface area contributed by atoms with Gasteiger partial charge in [0.05, 0.1) is 5.56 Å². The van der Waals surface area contributed by atoms with Gasteiger partial charge in [-0.15, -0.1) is 0 Å². The number of aromatic amines is 1. The quantitative estimate of drug-likeness (QED) is 0.635. The van der Waals surface area contributed by atoms with Gasteiger partial charge in [0.2, 0.25) is 5.91 Å².